The van der Waals surface area contributed by atoms with Crippen molar-refractivity contribution in [1.82, 2.24) is 0 Å². The molecule has 0 fully saturated rings. The summed E-state index contributed by atoms with van der Waals surface area (Å²) in [6, 6.07) is 0.213. The molecule has 0 radical (unpaired) electrons. The first kappa shape index (κ1) is 18.4. The van der Waals surface area contributed by atoms with Gasteiger partial charge in [-0.2, -0.15) is 0 Å². The lowest BCUT2D eigenvalue weighted by Crippen LogP contribution is -2.37. The van der Waals surface area contributed by atoms with E-state index in [1.807, 2.05) is 0 Å². The van der Waals surface area contributed by atoms with Crippen LogP contribution in [0, 0.1) is 0 Å². The minimum Gasteiger partial charge on any atom is -0.478 e. The second kappa shape index (κ2) is 8.12. The number of aliphatic hydroxyl groups excluding tert-OH is 1. The maximum absolute atomic E-state index is 9.55. The van der Waals surface area contributed by atoms with Crippen LogP contribution in [0.15, 0.2) is 35.5 Å². The first-order valence-corrected chi connectivity index (χ1v) is 7.24. The lowest BCUT2D eigenvalue weighted by atomic mass is 9.77. The molecule has 2 aliphatic carbocycles. The van der Waals surface area contributed by atoms with Gasteiger partial charge in [0.25, 0.3) is 0 Å². The Balaban J connectivity index is 0.000000261. The quantitative estimate of drug-likeness (QED) is 0.459. The van der Waals surface area contributed by atoms with Crippen molar-refractivity contribution in [1.29, 1.82) is 0 Å². The molecule has 2 unspecified atom stereocenters. The Morgan fingerprint density at radius 1 is 1.36 bits per heavy atom. The van der Waals surface area contributed by atoms with E-state index in [1.165, 1.54) is 11.1 Å². The second-order valence-corrected chi connectivity index (χ2v) is 5.97. The monoisotopic (exact) mass is 329 g/mol. The van der Waals surface area contributed by atoms with Crippen LogP contribution in [0.25, 0.3) is 0 Å². The summed E-state index contributed by atoms with van der Waals surface area (Å²) in [5.74, 6) is -2.51. The number of nitrogens with two attached hydrogens (primary N) is 1. The molecule has 0 aromatic carbocycles. The third-order valence-corrected chi connectivity index (χ3v) is 4.06. The van der Waals surface area contributed by atoms with E-state index < -0.39 is 16.8 Å². The smallest absolute Gasteiger partial charge is 0.328 e. The molecule has 2 aliphatic rings. The average Bonchev–Trinajstić information content (AvgIpc) is 2.47. The predicted molar refractivity (Wildman–Crippen MR) is 82.7 cm³/mol. The molecule has 0 bridgehead atoms. The molecule has 0 aromatic rings. The summed E-state index contributed by atoms with van der Waals surface area (Å²) >= 11 is 6.38. The Hall–Kier alpha value is -1.63. The fourth-order valence-corrected chi connectivity index (χ4v) is 2.74. The molecule has 0 spiro atoms. The third kappa shape index (κ3) is 5.29. The van der Waals surface area contributed by atoms with Crippen molar-refractivity contribution in [2.75, 3.05) is 6.61 Å². The summed E-state index contributed by atoms with van der Waals surface area (Å²) < 4.78 is 0. The fourth-order valence-electron chi connectivity index (χ4n) is 2.46. The van der Waals surface area contributed by atoms with Gasteiger partial charge >= 0.3 is 11.9 Å². The number of halogens is 1. The highest BCUT2D eigenvalue weighted by Crippen LogP contribution is 2.41. The molecular weight excluding hydrogens is 310 g/mol. The number of alkyl halides is 1. The van der Waals surface area contributed by atoms with E-state index in [1.54, 1.807) is 0 Å². The van der Waals surface area contributed by atoms with Crippen molar-refractivity contribution in [2.24, 2.45) is 5.73 Å². The van der Waals surface area contributed by atoms with Gasteiger partial charge in [0.05, 0.1) is 11.5 Å². The number of aliphatic carboxylic acids is 2. The van der Waals surface area contributed by atoms with Gasteiger partial charge in [-0.15, -0.1) is 11.6 Å². The van der Waals surface area contributed by atoms with Crippen molar-refractivity contribution >= 4 is 23.5 Å². The van der Waals surface area contributed by atoms with E-state index in [9.17, 15) is 14.7 Å². The minimum atomic E-state index is -1.26. The number of aliphatic hydroxyl groups is 1. The standard InChI is InChI=1S/C11H16ClNO.C4H4O4/c12-11(7-14)5-1-2-8-3-4-9(13)6-10(8)11;5-3(6)1-2-4(7)8/h1-2,9,14H,3-7,13H2;1-2H,(H,5,6)(H,7,8)/b;2-1+. The average molecular weight is 330 g/mol. The van der Waals surface area contributed by atoms with Crippen LogP contribution in [-0.4, -0.2) is 44.8 Å². The van der Waals surface area contributed by atoms with Crippen LogP contribution >= 0.6 is 11.6 Å². The van der Waals surface area contributed by atoms with Crippen LogP contribution < -0.4 is 5.73 Å². The van der Waals surface area contributed by atoms with Gasteiger partial charge in [0.1, 0.15) is 0 Å². The lowest BCUT2D eigenvalue weighted by Gasteiger charge is -2.36. The van der Waals surface area contributed by atoms with Gasteiger partial charge in [-0.3, -0.25) is 0 Å². The normalized spacial score (nSPS) is 27.1. The van der Waals surface area contributed by atoms with E-state index in [0.29, 0.717) is 12.2 Å². The Bertz CT molecular complexity index is 510. The van der Waals surface area contributed by atoms with Crippen molar-refractivity contribution < 1.29 is 24.9 Å². The Morgan fingerprint density at radius 3 is 2.45 bits per heavy atom. The zero-order chi connectivity index (χ0) is 16.8. The molecule has 0 aliphatic heterocycles. The van der Waals surface area contributed by atoms with Crippen LogP contribution in [0.2, 0.25) is 0 Å². The van der Waals surface area contributed by atoms with Crippen LogP contribution in [0.4, 0.5) is 0 Å². The van der Waals surface area contributed by atoms with Crippen LogP contribution in [0.1, 0.15) is 25.7 Å². The van der Waals surface area contributed by atoms with E-state index in [0.717, 1.165) is 25.7 Å². The highest BCUT2D eigenvalue weighted by atomic mass is 35.5. The summed E-state index contributed by atoms with van der Waals surface area (Å²) in [6.07, 6.45) is 8.89. The van der Waals surface area contributed by atoms with E-state index >= 15 is 0 Å². The number of hydrogen-bond acceptors (Lipinski definition) is 4. The fraction of sp³-hybridized carbons (Fsp3) is 0.467. The Kier molecular flexibility index (Phi) is 6.80. The third-order valence-electron chi connectivity index (χ3n) is 3.56. The summed E-state index contributed by atoms with van der Waals surface area (Å²) in [5, 5.41) is 25.0. The lowest BCUT2D eigenvalue weighted by molar-refractivity contribution is -0.134. The van der Waals surface area contributed by atoms with Gasteiger partial charge < -0.3 is 21.1 Å². The van der Waals surface area contributed by atoms with E-state index in [4.69, 9.17) is 27.5 Å². The number of carboxylic acid groups (broad SMARTS) is 2. The number of carboxylic acids is 2. The van der Waals surface area contributed by atoms with Crippen LogP contribution in [-0.2, 0) is 9.59 Å². The zero-order valence-electron chi connectivity index (χ0n) is 12.0. The van der Waals surface area contributed by atoms with Gasteiger partial charge in [0, 0.05) is 18.2 Å². The number of rotatable bonds is 3. The Labute approximate surface area is 133 Å². The number of carbonyl (C=O) groups is 2. The van der Waals surface area contributed by atoms with Gasteiger partial charge in [-0.1, -0.05) is 12.2 Å². The molecule has 122 valence electrons. The highest BCUT2D eigenvalue weighted by Gasteiger charge is 2.36. The van der Waals surface area contributed by atoms with Crippen LogP contribution in [0.5, 0.6) is 0 Å². The Morgan fingerprint density at radius 2 is 1.95 bits per heavy atom. The molecule has 2 rings (SSSR count). The molecule has 6 nitrogen and oxygen atoms in total. The second-order valence-electron chi connectivity index (χ2n) is 5.25. The molecule has 0 saturated carbocycles. The molecule has 22 heavy (non-hydrogen) atoms. The number of allylic oxidation sites excluding steroid dienone is 3. The molecule has 0 heterocycles. The van der Waals surface area contributed by atoms with Crippen molar-refractivity contribution in [3.05, 3.63) is 35.5 Å². The summed E-state index contributed by atoms with van der Waals surface area (Å²) in [5.41, 5.74) is 8.38. The molecule has 2 atom stereocenters. The SMILES string of the molecule is NC1CCC2=C(C1)C(Cl)(CO)CC=C2.O=C(O)/C=C/C(=O)O. The van der Waals surface area contributed by atoms with Gasteiger partial charge in [0.2, 0.25) is 0 Å². The first-order valence-electron chi connectivity index (χ1n) is 6.87. The largest absolute Gasteiger partial charge is 0.478 e. The van der Waals surface area contributed by atoms with Gasteiger partial charge in [0.15, 0.2) is 0 Å². The summed E-state index contributed by atoms with van der Waals surface area (Å²) in [4.78, 5) is 18.5. The minimum absolute atomic E-state index is 0.00441. The maximum Gasteiger partial charge on any atom is 0.328 e. The summed E-state index contributed by atoms with van der Waals surface area (Å²) in [7, 11) is 0. The van der Waals surface area contributed by atoms with Crippen LogP contribution in [0.3, 0.4) is 0 Å². The van der Waals surface area contributed by atoms with E-state index in [2.05, 4.69) is 12.2 Å². The molecule has 0 aromatic heterocycles. The van der Waals surface area contributed by atoms with Crippen molar-refractivity contribution in [3.63, 3.8) is 0 Å². The highest BCUT2D eigenvalue weighted by molar-refractivity contribution is 6.26. The molecule has 0 saturated heterocycles. The van der Waals surface area contributed by atoms with Gasteiger partial charge in [-0.25, -0.2) is 9.59 Å². The summed E-state index contributed by atoms with van der Waals surface area (Å²) in [6.45, 7) is 0.00441. The zero-order valence-corrected chi connectivity index (χ0v) is 12.8. The molecular formula is C15H20ClNO5. The first-order chi connectivity index (χ1) is 10.3. The molecule has 5 N–H and O–H groups in total. The van der Waals surface area contributed by atoms with E-state index in [-0.39, 0.29) is 12.6 Å². The number of hydrogen-bond donors (Lipinski definition) is 4. The van der Waals surface area contributed by atoms with Crippen molar-refractivity contribution in [2.45, 2.75) is 36.6 Å². The maximum atomic E-state index is 9.55. The van der Waals surface area contributed by atoms with Crippen molar-refractivity contribution in [3.8, 4) is 0 Å². The van der Waals surface area contributed by atoms with Gasteiger partial charge in [-0.05, 0) is 36.8 Å². The topological polar surface area (TPSA) is 121 Å². The predicted octanol–water partition coefficient (Wildman–Crippen LogP) is 1.44. The molecule has 0 amide bonds. The molecule has 7 heteroatoms.